The fraction of sp³-hybridized carbons (Fsp3) is 0.188. The Labute approximate surface area is 136 Å². The molecule has 122 valence electrons. The zero-order valence-electron chi connectivity index (χ0n) is 12.6. The number of fused-ring (bicyclic) bond motifs is 1. The van der Waals surface area contributed by atoms with Crippen LogP contribution in [0.3, 0.4) is 0 Å². The van der Waals surface area contributed by atoms with Crippen molar-refractivity contribution in [3.05, 3.63) is 73.3 Å². The van der Waals surface area contributed by atoms with Gasteiger partial charge in [0.25, 0.3) is 11.4 Å². The molecule has 2 aromatic carbocycles. The fourth-order valence-electron chi connectivity index (χ4n) is 2.77. The Morgan fingerprint density at radius 1 is 1.12 bits per heavy atom. The van der Waals surface area contributed by atoms with E-state index in [0.717, 1.165) is 0 Å². The number of non-ortho nitro benzene ring substituents is 1. The Morgan fingerprint density at radius 3 is 2.54 bits per heavy atom. The minimum Gasteiger partial charge on any atom is -0.484 e. The van der Waals surface area contributed by atoms with Gasteiger partial charge < -0.3 is 4.74 Å². The Bertz CT molecular complexity index is 877. The van der Waals surface area contributed by atoms with E-state index in [2.05, 4.69) is 0 Å². The van der Waals surface area contributed by atoms with Crippen molar-refractivity contribution >= 4 is 17.2 Å². The van der Waals surface area contributed by atoms with E-state index in [1.807, 2.05) is 0 Å². The van der Waals surface area contributed by atoms with Crippen LogP contribution in [0.2, 0.25) is 0 Å². The van der Waals surface area contributed by atoms with Crippen LogP contribution < -0.4 is 4.74 Å². The number of nitrogens with zero attached hydrogens (tertiary/aromatic N) is 2. The number of carbonyl (C=O) groups is 1. The van der Waals surface area contributed by atoms with Crippen molar-refractivity contribution in [3.8, 4) is 5.75 Å². The van der Waals surface area contributed by atoms with E-state index in [0.29, 0.717) is 11.1 Å². The minimum absolute atomic E-state index is 0.0401. The molecule has 24 heavy (non-hydrogen) atoms. The SMILES string of the molecule is Cc1ccc2c(c1[N+](=O)[O-])C(=O)CC(c1cccc([N+](=O)[O-])c1)O2. The van der Waals surface area contributed by atoms with Gasteiger partial charge in [-0.1, -0.05) is 12.1 Å². The molecule has 1 unspecified atom stereocenters. The summed E-state index contributed by atoms with van der Waals surface area (Å²) in [4.78, 5) is 33.4. The summed E-state index contributed by atoms with van der Waals surface area (Å²) in [7, 11) is 0. The van der Waals surface area contributed by atoms with E-state index in [1.54, 1.807) is 13.0 Å². The molecule has 0 aliphatic carbocycles. The standard InChI is InChI=1S/C16H12N2O6/c1-9-5-6-13-15(16(9)18(22)23)12(19)8-14(24-13)10-3-2-4-11(7-10)17(20)21/h2-7,14H,8H2,1H3. The van der Waals surface area contributed by atoms with Gasteiger partial charge in [-0.15, -0.1) is 0 Å². The van der Waals surface area contributed by atoms with Crippen molar-refractivity contribution in [1.82, 2.24) is 0 Å². The lowest BCUT2D eigenvalue weighted by Gasteiger charge is -2.25. The maximum atomic E-state index is 12.4. The van der Waals surface area contributed by atoms with Gasteiger partial charge in [-0.25, -0.2) is 0 Å². The van der Waals surface area contributed by atoms with Crippen LogP contribution in [0, 0.1) is 27.2 Å². The summed E-state index contributed by atoms with van der Waals surface area (Å²) >= 11 is 0. The average Bonchev–Trinajstić information content (AvgIpc) is 2.54. The van der Waals surface area contributed by atoms with Crippen LogP contribution in [0.25, 0.3) is 0 Å². The van der Waals surface area contributed by atoms with Crippen LogP contribution >= 0.6 is 0 Å². The van der Waals surface area contributed by atoms with Crippen LogP contribution in [0.4, 0.5) is 11.4 Å². The second-order valence-corrected chi connectivity index (χ2v) is 5.45. The smallest absolute Gasteiger partial charge is 0.286 e. The number of aryl methyl sites for hydroxylation is 1. The molecule has 0 amide bonds. The van der Waals surface area contributed by atoms with Gasteiger partial charge >= 0.3 is 0 Å². The number of hydrogen-bond donors (Lipinski definition) is 0. The summed E-state index contributed by atoms with van der Waals surface area (Å²) < 4.78 is 5.72. The summed E-state index contributed by atoms with van der Waals surface area (Å²) in [6.07, 6.45) is -0.828. The molecule has 0 fully saturated rings. The third kappa shape index (κ3) is 2.58. The monoisotopic (exact) mass is 328 g/mol. The molecule has 8 heteroatoms. The van der Waals surface area contributed by atoms with Gasteiger partial charge in [0.15, 0.2) is 5.78 Å². The van der Waals surface area contributed by atoms with Crippen molar-refractivity contribution in [2.75, 3.05) is 0 Å². The predicted molar refractivity (Wildman–Crippen MR) is 83.2 cm³/mol. The average molecular weight is 328 g/mol. The van der Waals surface area contributed by atoms with Crippen molar-refractivity contribution in [2.24, 2.45) is 0 Å². The Hall–Kier alpha value is -3.29. The van der Waals surface area contributed by atoms with E-state index in [4.69, 9.17) is 4.74 Å². The van der Waals surface area contributed by atoms with Crippen LogP contribution in [-0.4, -0.2) is 15.6 Å². The second kappa shape index (κ2) is 5.73. The first-order chi connectivity index (χ1) is 11.4. The number of carbonyl (C=O) groups excluding carboxylic acids is 1. The lowest BCUT2D eigenvalue weighted by atomic mass is 9.93. The topological polar surface area (TPSA) is 113 Å². The van der Waals surface area contributed by atoms with Crippen LogP contribution in [0.1, 0.15) is 34.0 Å². The molecule has 1 heterocycles. The minimum atomic E-state index is -0.716. The Morgan fingerprint density at radius 2 is 1.88 bits per heavy atom. The summed E-state index contributed by atoms with van der Waals surface area (Å²) in [6, 6.07) is 8.84. The molecular formula is C16H12N2O6. The van der Waals surface area contributed by atoms with Crippen LogP contribution in [0.5, 0.6) is 5.75 Å². The third-order valence-corrected chi connectivity index (χ3v) is 3.90. The molecule has 3 rings (SSSR count). The molecule has 0 spiro atoms. The highest BCUT2D eigenvalue weighted by Crippen LogP contribution is 2.41. The maximum Gasteiger partial charge on any atom is 0.286 e. The van der Waals surface area contributed by atoms with Gasteiger partial charge in [-0.05, 0) is 24.6 Å². The fourth-order valence-corrected chi connectivity index (χ4v) is 2.77. The van der Waals surface area contributed by atoms with Gasteiger partial charge in [0.2, 0.25) is 0 Å². The quantitative estimate of drug-likeness (QED) is 0.629. The lowest BCUT2D eigenvalue weighted by molar-refractivity contribution is -0.385. The number of nitro groups is 2. The molecule has 1 aliphatic rings. The van der Waals surface area contributed by atoms with Gasteiger partial charge in [0.05, 0.1) is 16.3 Å². The summed E-state index contributed by atoms with van der Waals surface area (Å²) in [5.41, 5.74) is 0.455. The molecule has 1 atom stereocenters. The molecule has 0 saturated carbocycles. The van der Waals surface area contributed by atoms with Gasteiger partial charge in [0, 0.05) is 17.7 Å². The molecule has 0 N–H and O–H groups in total. The number of nitro benzene ring substituents is 2. The number of ketones is 1. The molecule has 1 aliphatic heterocycles. The highest BCUT2D eigenvalue weighted by molar-refractivity contribution is 6.04. The summed E-state index contributed by atoms with van der Waals surface area (Å²) in [5.74, 6) is -0.289. The van der Waals surface area contributed by atoms with Gasteiger partial charge in [-0.3, -0.25) is 25.0 Å². The third-order valence-electron chi connectivity index (χ3n) is 3.90. The molecule has 8 nitrogen and oxygen atoms in total. The maximum absolute atomic E-state index is 12.4. The van der Waals surface area contributed by atoms with E-state index >= 15 is 0 Å². The number of Topliss-reactive ketones (excluding diaryl/α,β-unsaturated/α-hetero) is 1. The highest BCUT2D eigenvalue weighted by atomic mass is 16.6. The highest BCUT2D eigenvalue weighted by Gasteiger charge is 2.35. The summed E-state index contributed by atoms with van der Waals surface area (Å²) in [6.45, 7) is 1.55. The zero-order valence-corrected chi connectivity index (χ0v) is 12.6. The first-order valence-corrected chi connectivity index (χ1v) is 7.10. The number of ether oxygens (including phenoxy) is 1. The largest absolute Gasteiger partial charge is 0.484 e. The predicted octanol–water partition coefficient (Wildman–Crippen LogP) is 3.52. The number of rotatable bonds is 3. The molecule has 2 aromatic rings. The van der Waals surface area contributed by atoms with Gasteiger partial charge in [0.1, 0.15) is 17.4 Å². The van der Waals surface area contributed by atoms with Crippen molar-refractivity contribution in [1.29, 1.82) is 0 Å². The van der Waals surface area contributed by atoms with Crippen molar-refractivity contribution in [2.45, 2.75) is 19.4 Å². The first kappa shape index (κ1) is 15.6. The van der Waals surface area contributed by atoms with Crippen molar-refractivity contribution < 1.29 is 19.4 Å². The molecule has 0 bridgehead atoms. The Kier molecular flexibility index (Phi) is 3.72. The number of benzene rings is 2. The number of hydrogen-bond acceptors (Lipinski definition) is 6. The lowest BCUT2D eigenvalue weighted by Crippen LogP contribution is -2.22. The van der Waals surface area contributed by atoms with Crippen molar-refractivity contribution in [3.63, 3.8) is 0 Å². The molecule has 0 saturated heterocycles. The Balaban J connectivity index is 2.03. The van der Waals surface area contributed by atoms with Crippen LogP contribution in [0.15, 0.2) is 36.4 Å². The van der Waals surface area contributed by atoms with E-state index in [9.17, 15) is 25.0 Å². The van der Waals surface area contributed by atoms with Crippen LogP contribution in [-0.2, 0) is 0 Å². The first-order valence-electron chi connectivity index (χ1n) is 7.10. The molecule has 0 radical (unpaired) electrons. The zero-order chi connectivity index (χ0) is 17.4. The summed E-state index contributed by atoms with van der Waals surface area (Å²) in [5, 5.41) is 22.1. The molecule has 0 aromatic heterocycles. The van der Waals surface area contributed by atoms with E-state index in [1.165, 1.54) is 30.3 Å². The second-order valence-electron chi connectivity index (χ2n) is 5.45. The molecular weight excluding hydrogens is 316 g/mol. The van der Waals surface area contributed by atoms with Gasteiger partial charge in [-0.2, -0.15) is 0 Å². The van der Waals surface area contributed by atoms with E-state index in [-0.39, 0.29) is 29.1 Å². The normalized spacial score (nSPS) is 16.2. The van der Waals surface area contributed by atoms with E-state index < -0.39 is 21.7 Å².